The third kappa shape index (κ3) is 10.2. The Balaban J connectivity index is 1.24. The van der Waals surface area contributed by atoms with Crippen LogP contribution in [-0.4, -0.2) is 47.2 Å². The molecule has 0 aromatic heterocycles. The highest BCUT2D eigenvalue weighted by molar-refractivity contribution is 5.89. The minimum Gasteiger partial charge on any atom is -0.497 e. The van der Waals surface area contributed by atoms with Crippen molar-refractivity contribution in [3.63, 3.8) is 0 Å². The van der Waals surface area contributed by atoms with Crippen molar-refractivity contribution in [3.05, 3.63) is 83.9 Å². The van der Waals surface area contributed by atoms with Gasteiger partial charge in [-0.2, -0.15) is 0 Å². The smallest absolute Gasteiger partial charge is 0.410 e. The van der Waals surface area contributed by atoms with Crippen LogP contribution < -0.4 is 10.1 Å². The second-order valence-corrected chi connectivity index (χ2v) is 14.3. The van der Waals surface area contributed by atoms with Gasteiger partial charge in [-0.1, -0.05) is 87.1 Å². The number of amides is 3. The molecule has 3 aromatic carbocycles. The number of hydrogen-bond acceptors (Lipinski definition) is 4. The van der Waals surface area contributed by atoms with Gasteiger partial charge < -0.3 is 24.6 Å². The molecule has 5 rings (SSSR count). The molecule has 47 heavy (non-hydrogen) atoms. The van der Waals surface area contributed by atoms with Crippen LogP contribution in [-0.2, 0) is 17.8 Å². The minimum atomic E-state index is -0.521. The first-order valence-electron chi connectivity index (χ1n) is 17.5. The highest BCUT2D eigenvalue weighted by Crippen LogP contribution is 2.29. The van der Waals surface area contributed by atoms with E-state index in [-0.39, 0.29) is 18.2 Å². The molecule has 0 bridgehead atoms. The van der Waals surface area contributed by atoms with Gasteiger partial charge in [-0.15, -0.1) is 0 Å². The zero-order valence-electron chi connectivity index (χ0n) is 28.8. The lowest BCUT2D eigenvalue weighted by molar-refractivity contribution is 0.00988. The molecule has 252 valence electrons. The van der Waals surface area contributed by atoms with Gasteiger partial charge in [-0.25, -0.2) is 9.59 Å². The number of methoxy groups -OCH3 is 1. The largest absolute Gasteiger partial charge is 0.497 e. The van der Waals surface area contributed by atoms with Crippen LogP contribution >= 0.6 is 0 Å². The fraction of sp³-hybridized carbons (Fsp3) is 0.500. The van der Waals surface area contributed by atoms with Crippen molar-refractivity contribution in [2.24, 2.45) is 5.92 Å². The van der Waals surface area contributed by atoms with Crippen molar-refractivity contribution in [1.29, 1.82) is 0 Å². The van der Waals surface area contributed by atoms with E-state index in [1.807, 2.05) is 54.8 Å². The maximum Gasteiger partial charge on any atom is 0.410 e. The standard InChI is InChI=1S/C40H53N3O4/c1-40(2,3)47-39(45)43(36-13-9-6-10-14-36)29-32-17-21-34(22-18-32)33-19-15-31(16-20-33)28-42(27-30-11-7-5-8-12-30)38(44)41-35-23-25-37(46-4)26-24-35/h15-26,30,36H,5-14,27-29H2,1-4H3,(H,41,44). The number of carbonyl (C=O) groups excluding carboxylic acids is 2. The number of ether oxygens (including phenoxy) is 2. The van der Waals surface area contributed by atoms with Gasteiger partial charge >= 0.3 is 12.1 Å². The molecule has 0 radical (unpaired) electrons. The van der Waals surface area contributed by atoms with E-state index < -0.39 is 5.60 Å². The van der Waals surface area contributed by atoms with Gasteiger partial charge in [-0.05, 0) is 98.9 Å². The highest BCUT2D eigenvalue weighted by Gasteiger charge is 2.29. The maximum atomic E-state index is 13.5. The second-order valence-electron chi connectivity index (χ2n) is 14.3. The first kappa shape index (κ1) is 34.3. The van der Waals surface area contributed by atoms with E-state index in [0.29, 0.717) is 19.0 Å². The molecule has 0 unspecified atom stereocenters. The molecule has 3 amide bonds. The monoisotopic (exact) mass is 639 g/mol. The molecule has 2 saturated carbocycles. The van der Waals surface area contributed by atoms with E-state index >= 15 is 0 Å². The summed E-state index contributed by atoms with van der Waals surface area (Å²) in [6.07, 6.45) is 11.5. The fourth-order valence-corrected chi connectivity index (χ4v) is 6.86. The quantitative estimate of drug-likeness (QED) is 0.240. The van der Waals surface area contributed by atoms with E-state index in [1.54, 1.807) is 7.11 Å². The van der Waals surface area contributed by atoms with Crippen molar-refractivity contribution in [2.45, 2.75) is 110 Å². The van der Waals surface area contributed by atoms with Crippen LogP contribution in [0.15, 0.2) is 72.8 Å². The third-order valence-corrected chi connectivity index (χ3v) is 9.44. The number of benzene rings is 3. The molecule has 0 atom stereocenters. The molecule has 0 spiro atoms. The Labute approximate surface area is 281 Å². The molecular weight excluding hydrogens is 586 g/mol. The molecule has 1 N–H and O–H groups in total. The van der Waals surface area contributed by atoms with Gasteiger partial charge in [0, 0.05) is 31.4 Å². The lowest BCUT2D eigenvalue weighted by Gasteiger charge is -2.35. The molecular formula is C40H53N3O4. The Morgan fingerprint density at radius 1 is 0.723 bits per heavy atom. The number of hydrogen-bond donors (Lipinski definition) is 1. The van der Waals surface area contributed by atoms with Crippen LogP contribution in [0.25, 0.3) is 11.1 Å². The van der Waals surface area contributed by atoms with Crippen molar-refractivity contribution >= 4 is 17.8 Å². The summed E-state index contributed by atoms with van der Waals surface area (Å²) in [6, 6.07) is 24.7. The van der Waals surface area contributed by atoms with E-state index in [9.17, 15) is 9.59 Å². The molecule has 2 aliphatic rings. The predicted molar refractivity (Wildman–Crippen MR) is 190 cm³/mol. The van der Waals surface area contributed by atoms with Crippen LogP contribution in [0.1, 0.15) is 96.1 Å². The molecule has 2 aliphatic carbocycles. The molecule has 7 nitrogen and oxygen atoms in total. The molecule has 2 fully saturated rings. The average Bonchev–Trinajstić information content (AvgIpc) is 3.08. The minimum absolute atomic E-state index is 0.0749. The molecule has 7 heteroatoms. The highest BCUT2D eigenvalue weighted by atomic mass is 16.6. The number of nitrogens with one attached hydrogen (secondary N) is 1. The topological polar surface area (TPSA) is 71.1 Å². The SMILES string of the molecule is COc1ccc(NC(=O)N(Cc2ccc(-c3ccc(CN(C(=O)OC(C)(C)C)C4CCCCC4)cc3)cc2)CC2CCCCC2)cc1. The van der Waals surface area contributed by atoms with Crippen LogP contribution in [0.5, 0.6) is 5.75 Å². The summed E-state index contributed by atoms with van der Waals surface area (Å²) in [5.41, 5.74) is 4.69. The number of rotatable bonds is 10. The van der Waals surface area contributed by atoms with E-state index in [2.05, 4.69) is 53.8 Å². The maximum absolute atomic E-state index is 13.5. The lowest BCUT2D eigenvalue weighted by Crippen LogP contribution is -2.43. The average molecular weight is 640 g/mol. The van der Waals surface area contributed by atoms with Crippen molar-refractivity contribution < 1.29 is 19.1 Å². The van der Waals surface area contributed by atoms with Gasteiger partial charge in [0.15, 0.2) is 0 Å². The van der Waals surface area contributed by atoms with Crippen LogP contribution in [0.2, 0.25) is 0 Å². The van der Waals surface area contributed by atoms with Crippen molar-refractivity contribution in [1.82, 2.24) is 9.80 Å². The second kappa shape index (κ2) is 16.2. The summed E-state index contributed by atoms with van der Waals surface area (Å²) in [4.78, 5) is 30.6. The third-order valence-electron chi connectivity index (χ3n) is 9.44. The van der Waals surface area contributed by atoms with E-state index in [4.69, 9.17) is 9.47 Å². The summed E-state index contributed by atoms with van der Waals surface area (Å²) in [7, 11) is 1.64. The van der Waals surface area contributed by atoms with Gasteiger partial charge in [-0.3, -0.25) is 0 Å². The Kier molecular flexibility index (Phi) is 11.8. The lowest BCUT2D eigenvalue weighted by atomic mass is 9.89. The Morgan fingerprint density at radius 3 is 1.79 bits per heavy atom. The van der Waals surface area contributed by atoms with Gasteiger partial charge in [0.1, 0.15) is 11.4 Å². The van der Waals surface area contributed by atoms with Gasteiger partial charge in [0.2, 0.25) is 0 Å². The van der Waals surface area contributed by atoms with E-state index in [1.165, 1.54) is 38.5 Å². The van der Waals surface area contributed by atoms with Crippen molar-refractivity contribution in [3.8, 4) is 16.9 Å². The van der Waals surface area contributed by atoms with E-state index in [0.717, 1.165) is 65.9 Å². The van der Waals surface area contributed by atoms with Gasteiger partial charge in [0.05, 0.1) is 7.11 Å². The first-order valence-corrected chi connectivity index (χ1v) is 17.5. The van der Waals surface area contributed by atoms with Crippen LogP contribution in [0, 0.1) is 5.92 Å². The van der Waals surface area contributed by atoms with Crippen LogP contribution in [0.4, 0.5) is 15.3 Å². The summed E-state index contributed by atoms with van der Waals surface area (Å²) in [5, 5.41) is 3.10. The summed E-state index contributed by atoms with van der Waals surface area (Å²) in [6.45, 7) is 7.64. The number of nitrogens with zero attached hydrogens (tertiary/aromatic N) is 2. The summed E-state index contributed by atoms with van der Waals surface area (Å²) < 4.78 is 11.1. The number of anilines is 1. The summed E-state index contributed by atoms with van der Waals surface area (Å²) in [5.74, 6) is 1.30. The van der Waals surface area contributed by atoms with Gasteiger partial charge in [0.25, 0.3) is 0 Å². The zero-order chi connectivity index (χ0) is 33.2. The zero-order valence-corrected chi connectivity index (χ0v) is 28.8. The molecule has 0 heterocycles. The molecule has 0 saturated heterocycles. The fourth-order valence-electron chi connectivity index (χ4n) is 6.86. The normalized spacial score (nSPS) is 15.9. The number of urea groups is 1. The number of carbonyl (C=O) groups is 2. The van der Waals surface area contributed by atoms with Crippen molar-refractivity contribution in [2.75, 3.05) is 19.0 Å². The Morgan fingerprint density at radius 2 is 1.26 bits per heavy atom. The Bertz CT molecular complexity index is 1420. The molecule has 3 aromatic rings. The predicted octanol–water partition coefficient (Wildman–Crippen LogP) is 10.0. The Hall–Kier alpha value is -4.00. The molecule has 0 aliphatic heterocycles. The summed E-state index contributed by atoms with van der Waals surface area (Å²) >= 11 is 0. The first-order chi connectivity index (χ1) is 22.7. The van der Waals surface area contributed by atoms with Crippen LogP contribution in [0.3, 0.4) is 0 Å².